The highest BCUT2D eigenvalue weighted by molar-refractivity contribution is 7.80. The molecule has 6 heavy (non-hydrogen) atoms. The summed E-state index contributed by atoms with van der Waals surface area (Å²) in [4.78, 5) is 0. The molecule has 1 atom stereocenters. The molecule has 0 amide bonds. The van der Waals surface area contributed by atoms with Crippen molar-refractivity contribution in [1.82, 2.24) is 0 Å². The van der Waals surface area contributed by atoms with Gasteiger partial charge in [-0.1, -0.05) is 0 Å². The summed E-state index contributed by atoms with van der Waals surface area (Å²) in [6.45, 7) is 0.630. The van der Waals surface area contributed by atoms with E-state index in [4.69, 9.17) is 11.5 Å². The lowest BCUT2D eigenvalue weighted by Gasteiger charge is -1.96. The van der Waals surface area contributed by atoms with E-state index in [9.17, 15) is 0 Å². The molecule has 2 nitrogen and oxygen atoms in total. The topological polar surface area (TPSA) is 52.0 Å². The molecule has 0 fully saturated rings. The van der Waals surface area contributed by atoms with Crippen molar-refractivity contribution in [2.24, 2.45) is 11.5 Å². The van der Waals surface area contributed by atoms with Gasteiger partial charge in [-0.15, -0.1) is 0 Å². The monoisotopic (exact) mass is 106 g/mol. The van der Waals surface area contributed by atoms with Crippen LogP contribution in [-0.4, -0.2) is 11.9 Å². The van der Waals surface area contributed by atoms with Crippen molar-refractivity contribution in [3.63, 3.8) is 0 Å². The summed E-state index contributed by atoms with van der Waals surface area (Å²) in [6, 6.07) is 0. The second-order valence-electron chi connectivity index (χ2n) is 1.14. The molecule has 0 bridgehead atoms. The van der Waals surface area contributed by atoms with Gasteiger partial charge in [0.25, 0.3) is 0 Å². The van der Waals surface area contributed by atoms with E-state index in [-0.39, 0.29) is 5.37 Å². The lowest BCUT2D eigenvalue weighted by molar-refractivity contribution is 0.803. The van der Waals surface area contributed by atoms with Gasteiger partial charge in [-0.05, 0) is 13.0 Å². The summed E-state index contributed by atoms with van der Waals surface area (Å²) in [5, 5.41) is -0.0324. The first-order valence-corrected chi connectivity index (χ1v) is 2.42. The first-order chi connectivity index (χ1) is 2.77. The molecule has 0 heterocycles. The van der Waals surface area contributed by atoms with Gasteiger partial charge in [-0.25, -0.2) is 0 Å². The summed E-state index contributed by atoms with van der Waals surface area (Å²) in [5.74, 6) is 0. The van der Waals surface area contributed by atoms with Crippen LogP contribution in [0.4, 0.5) is 0 Å². The zero-order valence-electron chi connectivity index (χ0n) is 3.59. The van der Waals surface area contributed by atoms with Crippen LogP contribution >= 0.6 is 12.6 Å². The summed E-state index contributed by atoms with van der Waals surface area (Å²) in [7, 11) is 0. The summed E-state index contributed by atoms with van der Waals surface area (Å²) < 4.78 is 0. The Labute approximate surface area is 43.3 Å². The van der Waals surface area contributed by atoms with Crippen molar-refractivity contribution >= 4 is 12.6 Å². The third-order valence-electron chi connectivity index (χ3n) is 0.462. The van der Waals surface area contributed by atoms with Gasteiger partial charge in [-0.2, -0.15) is 12.6 Å². The van der Waals surface area contributed by atoms with E-state index >= 15 is 0 Å². The fraction of sp³-hybridized carbons (Fsp3) is 1.00. The molecule has 0 aromatic heterocycles. The minimum Gasteiger partial charge on any atom is -0.330 e. The second kappa shape index (κ2) is 3.46. The lowest BCUT2D eigenvalue weighted by Crippen LogP contribution is -2.16. The third-order valence-corrected chi connectivity index (χ3v) is 0.721. The van der Waals surface area contributed by atoms with Gasteiger partial charge in [0, 0.05) is 5.37 Å². The number of nitrogens with two attached hydrogens (primary N) is 2. The van der Waals surface area contributed by atoms with Crippen LogP contribution in [-0.2, 0) is 0 Å². The first kappa shape index (κ1) is 6.27. The van der Waals surface area contributed by atoms with Crippen LogP contribution in [0.1, 0.15) is 6.42 Å². The molecule has 4 N–H and O–H groups in total. The van der Waals surface area contributed by atoms with Crippen molar-refractivity contribution in [2.75, 3.05) is 6.54 Å². The van der Waals surface area contributed by atoms with Crippen molar-refractivity contribution in [3.8, 4) is 0 Å². The molecule has 0 aliphatic rings. The maximum absolute atomic E-state index is 5.19. The van der Waals surface area contributed by atoms with Crippen LogP contribution in [0.25, 0.3) is 0 Å². The summed E-state index contributed by atoms with van der Waals surface area (Å²) in [5.41, 5.74) is 10.3. The summed E-state index contributed by atoms with van der Waals surface area (Å²) >= 11 is 3.88. The molecule has 3 heteroatoms. The predicted molar refractivity (Wildman–Crippen MR) is 30.6 cm³/mol. The highest BCUT2D eigenvalue weighted by atomic mass is 32.1. The molecule has 38 valence electrons. The molecule has 0 spiro atoms. The second-order valence-corrected chi connectivity index (χ2v) is 1.81. The summed E-state index contributed by atoms with van der Waals surface area (Å²) in [6.07, 6.45) is 0.795. The Morgan fingerprint density at radius 1 is 1.67 bits per heavy atom. The van der Waals surface area contributed by atoms with Gasteiger partial charge in [0.2, 0.25) is 0 Å². The molecule has 0 aliphatic heterocycles. The molecular formula is C3H10N2S. The Kier molecular flexibility index (Phi) is 3.62. The quantitative estimate of drug-likeness (QED) is 0.330. The van der Waals surface area contributed by atoms with Gasteiger partial charge >= 0.3 is 0 Å². The molecule has 0 radical (unpaired) electrons. The Hall–Kier alpha value is 0.270. The molecule has 0 aliphatic carbocycles. The first-order valence-electron chi connectivity index (χ1n) is 1.91. The van der Waals surface area contributed by atoms with Crippen LogP contribution in [0.3, 0.4) is 0 Å². The minimum absolute atomic E-state index is 0.0324. The zero-order chi connectivity index (χ0) is 4.99. The standard InChI is InChI=1S/C3H10N2S/c4-2-1-3(5)6/h3,6H,1-2,4-5H2. The smallest absolute Gasteiger partial charge is 0.0489 e. The zero-order valence-corrected chi connectivity index (χ0v) is 4.49. The van der Waals surface area contributed by atoms with Crippen LogP contribution in [0.15, 0.2) is 0 Å². The van der Waals surface area contributed by atoms with Crippen LogP contribution < -0.4 is 11.5 Å². The Morgan fingerprint density at radius 3 is 2.17 bits per heavy atom. The van der Waals surface area contributed by atoms with E-state index in [0.717, 1.165) is 6.42 Å². The molecule has 0 aromatic rings. The maximum Gasteiger partial charge on any atom is 0.0489 e. The number of hydrogen-bond donors (Lipinski definition) is 3. The van der Waals surface area contributed by atoms with E-state index in [1.807, 2.05) is 0 Å². The molecule has 0 aromatic carbocycles. The van der Waals surface area contributed by atoms with Gasteiger partial charge < -0.3 is 11.5 Å². The Balaban J connectivity index is 2.63. The SMILES string of the molecule is NCCC(N)S. The van der Waals surface area contributed by atoms with Crippen molar-refractivity contribution in [1.29, 1.82) is 0 Å². The third kappa shape index (κ3) is 4.27. The Bertz CT molecular complexity index is 30.0. The van der Waals surface area contributed by atoms with E-state index in [0.29, 0.717) is 6.54 Å². The molecule has 0 saturated carbocycles. The fourth-order valence-electron chi connectivity index (χ4n) is 0.171. The number of thiol groups is 1. The van der Waals surface area contributed by atoms with Crippen molar-refractivity contribution < 1.29 is 0 Å². The highest BCUT2D eigenvalue weighted by Gasteiger charge is 1.86. The van der Waals surface area contributed by atoms with E-state index < -0.39 is 0 Å². The minimum atomic E-state index is -0.0324. The molecule has 0 rings (SSSR count). The molecule has 1 unspecified atom stereocenters. The predicted octanol–water partition coefficient (Wildman–Crippen LogP) is -0.450. The van der Waals surface area contributed by atoms with Gasteiger partial charge in [0.1, 0.15) is 0 Å². The van der Waals surface area contributed by atoms with Gasteiger partial charge in [0.15, 0.2) is 0 Å². The van der Waals surface area contributed by atoms with Crippen molar-refractivity contribution in [3.05, 3.63) is 0 Å². The highest BCUT2D eigenvalue weighted by Crippen LogP contribution is 1.86. The van der Waals surface area contributed by atoms with E-state index in [2.05, 4.69) is 12.6 Å². The Morgan fingerprint density at radius 2 is 2.17 bits per heavy atom. The van der Waals surface area contributed by atoms with E-state index in [1.54, 1.807) is 0 Å². The van der Waals surface area contributed by atoms with E-state index in [1.165, 1.54) is 0 Å². The van der Waals surface area contributed by atoms with Crippen LogP contribution in [0.2, 0.25) is 0 Å². The van der Waals surface area contributed by atoms with Crippen molar-refractivity contribution in [2.45, 2.75) is 11.8 Å². The average molecular weight is 106 g/mol. The maximum atomic E-state index is 5.19. The molecular weight excluding hydrogens is 96.1 g/mol. The normalized spacial score (nSPS) is 14.5. The van der Waals surface area contributed by atoms with Gasteiger partial charge in [-0.3, -0.25) is 0 Å². The number of hydrogen-bond acceptors (Lipinski definition) is 3. The average Bonchev–Trinajstić information content (AvgIpc) is 1.35. The molecule has 0 saturated heterocycles. The lowest BCUT2D eigenvalue weighted by atomic mass is 10.4. The largest absolute Gasteiger partial charge is 0.330 e. The van der Waals surface area contributed by atoms with Gasteiger partial charge in [0.05, 0.1) is 0 Å². The fourth-order valence-corrected chi connectivity index (χ4v) is 0.320. The van der Waals surface area contributed by atoms with Crippen LogP contribution in [0, 0.1) is 0 Å². The van der Waals surface area contributed by atoms with Crippen LogP contribution in [0.5, 0.6) is 0 Å². The number of rotatable bonds is 2.